The quantitative estimate of drug-likeness (QED) is 0.0921. The number of ether oxygens (including phenoxy) is 7. The molecule has 1 aromatic carbocycles. The summed E-state index contributed by atoms with van der Waals surface area (Å²) < 4.78 is 46.6. The predicted octanol–water partition coefficient (Wildman–Crippen LogP) is 4.88. The molecule has 18 atom stereocenters. The van der Waals surface area contributed by atoms with E-state index in [-0.39, 0.29) is 43.7 Å². The first-order valence-electron chi connectivity index (χ1n) is 21.3. The number of likely N-dealkylation sites (N-methyl/N-ethyl adjacent to an activating group) is 1. The highest BCUT2D eigenvalue weighted by Crippen LogP contribution is 2.42. The van der Waals surface area contributed by atoms with Crippen molar-refractivity contribution in [3.63, 3.8) is 0 Å². The van der Waals surface area contributed by atoms with E-state index in [1.165, 1.54) is 14.0 Å². The molecule has 0 aliphatic carbocycles. The third kappa shape index (κ3) is 11.4. The number of aliphatic hydroxyl groups is 4. The average Bonchev–Trinajstić information content (AvgIpc) is 3.19. The van der Waals surface area contributed by atoms with Crippen LogP contribution in [0.5, 0.6) is 0 Å². The molecule has 0 unspecified atom stereocenters. The van der Waals surface area contributed by atoms with E-state index in [1.807, 2.05) is 71.0 Å². The zero-order chi connectivity index (χ0) is 45.1. The summed E-state index contributed by atoms with van der Waals surface area (Å²) in [7, 11) is 5.29. The van der Waals surface area contributed by atoms with E-state index in [0.29, 0.717) is 6.42 Å². The maximum Gasteiger partial charge on any atom is 0.311 e. The van der Waals surface area contributed by atoms with Crippen molar-refractivity contribution in [2.75, 3.05) is 21.2 Å². The van der Waals surface area contributed by atoms with Gasteiger partial charge < -0.3 is 63.7 Å². The number of oxime groups is 1. The van der Waals surface area contributed by atoms with Crippen molar-refractivity contribution < 1.29 is 63.6 Å². The lowest BCUT2D eigenvalue weighted by Gasteiger charge is -2.50. The Morgan fingerprint density at radius 1 is 0.950 bits per heavy atom. The van der Waals surface area contributed by atoms with Gasteiger partial charge in [0.15, 0.2) is 12.6 Å². The van der Waals surface area contributed by atoms with Crippen molar-refractivity contribution in [2.45, 2.75) is 186 Å². The highest BCUT2D eigenvalue weighted by atomic mass is 127. The Balaban J connectivity index is 1.97. The van der Waals surface area contributed by atoms with Gasteiger partial charge >= 0.3 is 5.97 Å². The fourth-order valence-corrected chi connectivity index (χ4v) is 10.2. The summed E-state index contributed by atoms with van der Waals surface area (Å²) in [5, 5.41) is 61.0. The molecule has 0 spiro atoms. The van der Waals surface area contributed by atoms with E-state index < -0.39 is 102 Å². The Bertz CT molecular complexity index is 1590. The van der Waals surface area contributed by atoms with Gasteiger partial charge in [-0.15, -0.1) is 0 Å². The lowest BCUT2D eigenvalue weighted by Crippen LogP contribution is -2.61. The third-order valence-electron chi connectivity index (χ3n) is 13.4. The number of hydrogen-bond acceptors (Lipinski definition) is 15. The number of rotatable bonds is 10. The summed E-state index contributed by atoms with van der Waals surface area (Å²) in [6, 6.07) is 7.56. The second kappa shape index (κ2) is 21.0. The molecular weight excluding hydrogens is 891 g/mol. The number of carbonyl (C=O) groups excluding carboxylic acids is 1. The monoisotopic (exact) mass is 964 g/mol. The number of methoxy groups -OCH3 is 1. The molecule has 344 valence electrons. The van der Waals surface area contributed by atoms with E-state index in [4.69, 9.17) is 33.2 Å². The second-order valence-electron chi connectivity index (χ2n) is 18.5. The van der Waals surface area contributed by atoms with E-state index in [0.717, 1.165) is 9.13 Å². The topological polar surface area (TPSA) is 198 Å². The van der Waals surface area contributed by atoms with Crippen LogP contribution in [0.2, 0.25) is 0 Å². The predicted molar refractivity (Wildman–Crippen MR) is 232 cm³/mol. The van der Waals surface area contributed by atoms with Crippen LogP contribution in [0.25, 0.3) is 0 Å². The third-order valence-corrected chi connectivity index (χ3v) is 14.1. The summed E-state index contributed by atoms with van der Waals surface area (Å²) in [6.45, 7) is 17.6. The van der Waals surface area contributed by atoms with Crippen molar-refractivity contribution in [2.24, 2.45) is 28.8 Å². The van der Waals surface area contributed by atoms with Gasteiger partial charge in [-0.2, -0.15) is 0 Å². The largest absolute Gasteiger partial charge is 0.459 e. The van der Waals surface area contributed by atoms with Crippen LogP contribution in [0.4, 0.5) is 0 Å². The maximum absolute atomic E-state index is 14.5. The molecule has 3 aliphatic rings. The van der Waals surface area contributed by atoms with E-state index in [9.17, 15) is 30.4 Å². The van der Waals surface area contributed by atoms with Crippen LogP contribution in [-0.2, 0) is 44.6 Å². The van der Waals surface area contributed by atoms with Gasteiger partial charge in [0.1, 0.15) is 23.9 Å². The van der Waals surface area contributed by atoms with Crippen molar-refractivity contribution in [3.8, 4) is 0 Å². The molecule has 3 saturated heterocycles. The number of cyclic esters (lactones) is 1. The van der Waals surface area contributed by atoms with Crippen LogP contribution in [0.15, 0.2) is 29.4 Å². The number of carbonyl (C=O) groups is 1. The molecule has 3 fully saturated rings. The maximum atomic E-state index is 14.5. The SMILES string of the molecule is CC[C@@H]1OC(=O)[C@H](C)[C@H](O[C@H]2C[C@@](C)(OC)[C@@H](O)[C@H](C)O2)[C@H](C)[C@@H](O[C@@H]2O[C@H](C)C[C@H](N(C)C)[C@H]2O)[C@@](C)(OCc2cccc(I)c2)C[C@@H](C)/C(=N\O)[C@@H](C)[C@@H](O)[C@]1(C)O. The Hall–Kier alpha value is -1.55. The molecule has 16 heteroatoms. The molecule has 5 N–H and O–H groups in total. The first-order chi connectivity index (χ1) is 27.9. The van der Waals surface area contributed by atoms with Gasteiger partial charge in [0.25, 0.3) is 0 Å². The number of halogens is 1. The number of aliphatic hydroxyl groups excluding tert-OH is 3. The zero-order valence-corrected chi connectivity index (χ0v) is 39.9. The first-order valence-corrected chi connectivity index (χ1v) is 22.4. The molecule has 0 aromatic heterocycles. The van der Waals surface area contributed by atoms with Crippen LogP contribution in [0.1, 0.15) is 100 Å². The molecular formula is C44H73IN2O13. The minimum Gasteiger partial charge on any atom is -0.459 e. The first kappa shape index (κ1) is 51.1. The van der Waals surface area contributed by atoms with E-state index in [2.05, 4.69) is 27.7 Å². The Morgan fingerprint density at radius 3 is 2.20 bits per heavy atom. The summed E-state index contributed by atoms with van der Waals surface area (Å²) in [4.78, 5) is 16.4. The Morgan fingerprint density at radius 2 is 1.62 bits per heavy atom. The summed E-state index contributed by atoms with van der Waals surface area (Å²) in [5.41, 5.74) is -3.27. The Labute approximate surface area is 370 Å². The lowest BCUT2D eigenvalue weighted by molar-refractivity contribution is -0.321. The van der Waals surface area contributed by atoms with Crippen LogP contribution >= 0.6 is 22.6 Å². The van der Waals surface area contributed by atoms with Crippen molar-refractivity contribution in [1.82, 2.24) is 4.90 Å². The van der Waals surface area contributed by atoms with Gasteiger partial charge in [-0.25, -0.2) is 0 Å². The molecule has 3 heterocycles. The molecule has 1 aromatic rings. The van der Waals surface area contributed by atoms with Crippen LogP contribution in [0.3, 0.4) is 0 Å². The van der Waals surface area contributed by atoms with Gasteiger partial charge in [-0.05, 0) is 115 Å². The summed E-state index contributed by atoms with van der Waals surface area (Å²) in [6.07, 6.45) is -8.93. The summed E-state index contributed by atoms with van der Waals surface area (Å²) >= 11 is 2.24. The van der Waals surface area contributed by atoms with Crippen LogP contribution in [0, 0.1) is 27.2 Å². The van der Waals surface area contributed by atoms with Crippen molar-refractivity contribution in [3.05, 3.63) is 33.4 Å². The Kier molecular flexibility index (Phi) is 17.8. The fraction of sp³-hybridized carbons (Fsp3) is 0.818. The van der Waals surface area contributed by atoms with E-state index in [1.54, 1.807) is 34.6 Å². The molecule has 4 rings (SSSR count). The molecule has 0 amide bonds. The second-order valence-corrected chi connectivity index (χ2v) is 19.7. The fourth-order valence-electron chi connectivity index (χ4n) is 9.60. The van der Waals surface area contributed by atoms with Gasteiger partial charge in [-0.1, -0.05) is 45.0 Å². The number of benzene rings is 1. The van der Waals surface area contributed by atoms with Crippen molar-refractivity contribution in [1.29, 1.82) is 0 Å². The average molecular weight is 965 g/mol. The van der Waals surface area contributed by atoms with Crippen molar-refractivity contribution >= 4 is 34.3 Å². The van der Waals surface area contributed by atoms with Gasteiger partial charge in [0, 0.05) is 40.9 Å². The van der Waals surface area contributed by atoms with E-state index >= 15 is 0 Å². The number of esters is 1. The minimum absolute atomic E-state index is 0.113. The smallest absolute Gasteiger partial charge is 0.311 e. The number of nitrogens with zero attached hydrogens (tertiary/aromatic N) is 2. The number of hydrogen-bond donors (Lipinski definition) is 5. The molecule has 0 bridgehead atoms. The molecule has 60 heavy (non-hydrogen) atoms. The van der Waals surface area contributed by atoms with Crippen LogP contribution < -0.4 is 0 Å². The zero-order valence-electron chi connectivity index (χ0n) is 37.8. The molecule has 0 saturated carbocycles. The van der Waals surface area contributed by atoms with Crippen LogP contribution in [-0.4, -0.2) is 148 Å². The standard InChI is InChI=1S/C44H73IN2O13/c1-14-32-44(10,52)37(49)25(4)34(46-53)23(2)20-43(9,55-22-29-16-15-17-30(45)19-29)39(60-41-35(48)31(47(11)12)18-24(3)56-41)26(5)36(27(6)40(51)58-32)59-33-21-42(8,54-13)38(50)28(7)57-33/h15-17,19,23-28,31-33,35-39,41,48-50,52-53H,14,18,20-22H2,1-13H3/b46-34+/t23-,24-,25-,26+,27-,28+,31+,32+,33+,35-,36-,37-,38+,39-,41+,42-,43+,44-/m1/s1. The highest BCUT2D eigenvalue weighted by molar-refractivity contribution is 14.1. The molecule has 0 radical (unpaired) electrons. The molecule has 3 aliphatic heterocycles. The lowest BCUT2D eigenvalue weighted by atomic mass is 9.73. The van der Waals surface area contributed by atoms with Gasteiger partial charge in [0.05, 0.1) is 60.0 Å². The van der Waals surface area contributed by atoms with Gasteiger partial charge in [-0.3, -0.25) is 4.79 Å². The minimum atomic E-state index is -1.96. The normalized spacial score (nSPS) is 44.7. The molecule has 15 nitrogen and oxygen atoms in total. The van der Waals surface area contributed by atoms with Gasteiger partial charge in [0.2, 0.25) is 0 Å². The summed E-state index contributed by atoms with van der Waals surface area (Å²) in [5.74, 6) is -4.00. The highest BCUT2D eigenvalue weighted by Gasteiger charge is 2.54.